The number of nitrogens with zero attached hydrogens (tertiary/aromatic N) is 1. The molecule has 0 radical (unpaired) electrons. The molecule has 0 bridgehead atoms. The number of hydrogen-bond acceptors (Lipinski definition) is 2. The molecule has 0 saturated carbocycles. The number of aromatic nitrogens is 1. The Morgan fingerprint density at radius 2 is 1.86 bits per heavy atom. The highest BCUT2D eigenvalue weighted by molar-refractivity contribution is 5.88. The smallest absolute Gasteiger partial charge is 0.354 e. The van der Waals surface area contributed by atoms with Gasteiger partial charge in [-0.15, -0.1) is 0 Å². The van der Waals surface area contributed by atoms with Gasteiger partial charge in [0.15, 0.2) is 0 Å². The van der Waals surface area contributed by atoms with Crippen LogP contribution in [0.5, 0.6) is 0 Å². The highest BCUT2D eigenvalue weighted by Crippen LogP contribution is 2.16. The molecule has 0 amide bonds. The molecule has 0 aliphatic heterocycles. The SMILES string of the molecule is CCCCCc1cc(C(=O)OCC)n(Cc2ccccc2)c1. The van der Waals surface area contributed by atoms with E-state index in [1.165, 1.54) is 24.0 Å². The zero-order valence-corrected chi connectivity index (χ0v) is 13.5. The van der Waals surface area contributed by atoms with Crippen LogP contribution in [0.15, 0.2) is 42.6 Å². The van der Waals surface area contributed by atoms with Crippen molar-refractivity contribution in [1.29, 1.82) is 0 Å². The number of benzene rings is 1. The van der Waals surface area contributed by atoms with Gasteiger partial charge in [0.05, 0.1) is 6.61 Å². The summed E-state index contributed by atoms with van der Waals surface area (Å²) >= 11 is 0. The van der Waals surface area contributed by atoms with Gasteiger partial charge in [-0.3, -0.25) is 0 Å². The lowest BCUT2D eigenvalue weighted by molar-refractivity contribution is 0.0514. The summed E-state index contributed by atoms with van der Waals surface area (Å²) in [6.45, 7) is 5.14. The third-order valence-electron chi connectivity index (χ3n) is 3.70. The highest BCUT2D eigenvalue weighted by atomic mass is 16.5. The molecule has 118 valence electrons. The number of carbonyl (C=O) groups excluding carboxylic acids is 1. The zero-order chi connectivity index (χ0) is 15.8. The van der Waals surface area contributed by atoms with Crippen LogP contribution in [-0.2, 0) is 17.7 Å². The van der Waals surface area contributed by atoms with Gasteiger partial charge in [-0.05, 0) is 37.0 Å². The van der Waals surface area contributed by atoms with Gasteiger partial charge in [0, 0.05) is 12.7 Å². The Bertz CT molecular complexity index is 587. The molecular formula is C19H25NO2. The average Bonchev–Trinajstić information content (AvgIpc) is 2.92. The molecule has 1 aromatic heterocycles. The predicted octanol–water partition coefficient (Wildman–Crippen LogP) is 4.45. The maximum Gasteiger partial charge on any atom is 0.354 e. The minimum Gasteiger partial charge on any atom is -0.461 e. The maximum atomic E-state index is 12.2. The highest BCUT2D eigenvalue weighted by Gasteiger charge is 2.15. The van der Waals surface area contributed by atoms with Gasteiger partial charge in [-0.2, -0.15) is 0 Å². The molecule has 0 N–H and O–H groups in total. The number of unbranched alkanes of at least 4 members (excludes halogenated alkanes) is 2. The Labute approximate surface area is 132 Å². The van der Waals surface area contributed by atoms with Crippen molar-refractivity contribution in [2.24, 2.45) is 0 Å². The van der Waals surface area contributed by atoms with Crippen molar-refractivity contribution in [2.45, 2.75) is 46.1 Å². The van der Waals surface area contributed by atoms with Crippen molar-refractivity contribution in [3.05, 3.63) is 59.4 Å². The normalized spacial score (nSPS) is 10.6. The van der Waals surface area contributed by atoms with Crippen LogP contribution < -0.4 is 0 Å². The lowest BCUT2D eigenvalue weighted by Gasteiger charge is -2.08. The summed E-state index contributed by atoms with van der Waals surface area (Å²) in [6.07, 6.45) is 6.69. The fourth-order valence-electron chi connectivity index (χ4n) is 2.57. The lowest BCUT2D eigenvalue weighted by atomic mass is 10.1. The van der Waals surface area contributed by atoms with Gasteiger partial charge in [0.2, 0.25) is 0 Å². The van der Waals surface area contributed by atoms with Crippen molar-refractivity contribution in [2.75, 3.05) is 6.61 Å². The standard InChI is InChI=1S/C19H25NO2/c1-3-5-7-12-17-13-18(19(21)22-4-2)20(15-17)14-16-10-8-6-9-11-16/h6,8-11,13,15H,3-5,7,12,14H2,1-2H3. The molecule has 0 aliphatic carbocycles. The quantitative estimate of drug-likeness (QED) is 0.533. The largest absolute Gasteiger partial charge is 0.461 e. The summed E-state index contributed by atoms with van der Waals surface area (Å²) < 4.78 is 7.19. The molecule has 2 aromatic rings. The van der Waals surface area contributed by atoms with E-state index in [9.17, 15) is 4.79 Å². The van der Waals surface area contributed by atoms with E-state index in [0.717, 1.165) is 12.8 Å². The topological polar surface area (TPSA) is 31.2 Å². The summed E-state index contributed by atoms with van der Waals surface area (Å²) in [5.74, 6) is -0.236. The van der Waals surface area contributed by atoms with Crippen LogP contribution in [0.1, 0.15) is 54.7 Å². The number of rotatable bonds is 8. The van der Waals surface area contributed by atoms with E-state index in [-0.39, 0.29) is 5.97 Å². The van der Waals surface area contributed by atoms with E-state index in [4.69, 9.17) is 4.74 Å². The van der Waals surface area contributed by atoms with Gasteiger partial charge in [-0.1, -0.05) is 50.1 Å². The van der Waals surface area contributed by atoms with Gasteiger partial charge in [0.1, 0.15) is 5.69 Å². The molecule has 1 aromatic carbocycles. The van der Waals surface area contributed by atoms with Crippen molar-refractivity contribution >= 4 is 5.97 Å². The van der Waals surface area contributed by atoms with Crippen LogP contribution in [0.4, 0.5) is 0 Å². The van der Waals surface area contributed by atoms with Crippen molar-refractivity contribution in [3.8, 4) is 0 Å². The summed E-state index contributed by atoms with van der Waals surface area (Å²) in [4.78, 5) is 12.2. The lowest BCUT2D eigenvalue weighted by Crippen LogP contribution is -2.12. The number of carbonyl (C=O) groups is 1. The van der Waals surface area contributed by atoms with E-state index in [0.29, 0.717) is 18.8 Å². The summed E-state index contributed by atoms with van der Waals surface area (Å²) in [5.41, 5.74) is 3.05. The zero-order valence-electron chi connectivity index (χ0n) is 13.5. The molecule has 0 saturated heterocycles. The number of hydrogen-bond donors (Lipinski definition) is 0. The molecule has 0 unspecified atom stereocenters. The van der Waals surface area contributed by atoms with Crippen molar-refractivity contribution in [1.82, 2.24) is 4.57 Å². The van der Waals surface area contributed by atoms with Gasteiger partial charge >= 0.3 is 5.97 Å². The van der Waals surface area contributed by atoms with E-state index in [2.05, 4.69) is 25.3 Å². The van der Waals surface area contributed by atoms with Crippen LogP contribution in [0, 0.1) is 0 Å². The number of ether oxygens (including phenoxy) is 1. The van der Waals surface area contributed by atoms with E-state index in [1.807, 2.05) is 35.8 Å². The molecule has 1 heterocycles. The summed E-state index contributed by atoms with van der Waals surface area (Å²) in [5, 5.41) is 0. The molecule has 22 heavy (non-hydrogen) atoms. The minimum atomic E-state index is -0.236. The monoisotopic (exact) mass is 299 g/mol. The molecule has 3 nitrogen and oxygen atoms in total. The second kappa shape index (κ2) is 8.42. The molecule has 0 fully saturated rings. The first-order valence-electron chi connectivity index (χ1n) is 8.14. The second-order valence-corrected chi connectivity index (χ2v) is 5.52. The molecule has 0 spiro atoms. The van der Waals surface area contributed by atoms with E-state index >= 15 is 0 Å². The minimum absolute atomic E-state index is 0.236. The Morgan fingerprint density at radius 1 is 1.09 bits per heavy atom. The Balaban J connectivity index is 2.18. The maximum absolute atomic E-state index is 12.2. The first kappa shape index (κ1) is 16.3. The van der Waals surface area contributed by atoms with Gasteiger partial charge in [0.25, 0.3) is 0 Å². The Morgan fingerprint density at radius 3 is 2.55 bits per heavy atom. The third kappa shape index (κ3) is 4.48. The van der Waals surface area contributed by atoms with Gasteiger partial charge in [-0.25, -0.2) is 4.79 Å². The second-order valence-electron chi connectivity index (χ2n) is 5.52. The summed E-state index contributed by atoms with van der Waals surface area (Å²) in [7, 11) is 0. The third-order valence-corrected chi connectivity index (χ3v) is 3.70. The predicted molar refractivity (Wildman–Crippen MR) is 89.2 cm³/mol. The van der Waals surface area contributed by atoms with Crippen molar-refractivity contribution < 1.29 is 9.53 Å². The van der Waals surface area contributed by atoms with Crippen LogP contribution in [0.3, 0.4) is 0 Å². The van der Waals surface area contributed by atoms with E-state index < -0.39 is 0 Å². The molecular weight excluding hydrogens is 274 g/mol. The van der Waals surface area contributed by atoms with Crippen LogP contribution in [0.2, 0.25) is 0 Å². The average molecular weight is 299 g/mol. The molecule has 0 atom stereocenters. The van der Waals surface area contributed by atoms with Crippen LogP contribution in [-0.4, -0.2) is 17.1 Å². The first-order chi connectivity index (χ1) is 10.7. The summed E-state index contributed by atoms with van der Waals surface area (Å²) in [6, 6.07) is 12.2. The van der Waals surface area contributed by atoms with Crippen LogP contribution >= 0.6 is 0 Å². The van der Waals surface area contributed by atoms with Crippen molar-refractivity contribution in [3.63, 3.8) is 0 Å². The number of esters is 1. The Kier molecular flexibility index (Phi) is 6.26. The molecule has 0 aliphatic rings. The molecule has 2 rings (SSSR count). The first-order valence-corrected chi connectivity index (χ1v) is 8.14. The molecule has 3 heteroatoms. The van der Waals surface area contributed by atoms with Crippen LogP contribution in [0.25, 0.3) is 0 Å². The fraction of sp³-hybridized carbons (Fsp3) is 0.421. The number of aryl methyl sites for hydroxylation is 1. The van der Waals surface area contributed by atoms with Gasteiger partial charge < -0.3 is 9.30 Å². The fourth-order valence-corrected chi connectivity index (χ4v) is 2.57. The Hall–Kier alpha value is -2.03. The van der Waals surface area contributed by atoms with E-state index in [1.54, 1.807) is 0 Å².